The maximum atomic E-state index is 4.28. The van der Waals surface area contributed by atoms with E-state index in [1.54, 1.807) is 35.5 Å². The number of hydrogen-bond donors (Lipinski definition) is 0. The Morgan fingerprint density at radius 2 is 1.10 bits per heavy atom. The fraction of sp³-hybridized carbons (Fsp3) is 0.0429. The van der Waals surface area contributed by atoms with Crippen molar-refractivity contribution in [1.82, 2.24) is 62.4 Å². The molecule has 23 heteroatoms. The van der Waals surface area contributed by atoms with E-state index >= 15 is 0 Å². The van der Waals surface area contributed by atoms with E-state index in [0.29, 0.717) is 0 Å². The maximum absolute atomic E-state index is 4.28. The van der Waals surface area contributed by atoms with Gasteiger partial charge in [0.1, 0.15) is 0 Å². The van der Waals surface area contributed by atoms with Crippen molar-refractivity contribution in [2.45, 2.75) is 0 Å². The molecule has 6 radical (unpaired) electrons. The van der Waals surface area contributed by atoms with Crippen LogP contribution in [0.3, 0.4) is 0 Å². The molecule has 0 unspecified atom stereocenters. The van der Waals surface area contributed by atoms with Crippen molar-refractivity contribution in [3.05, 3.63) is 322 Å². The average Bonchev–Trinajstić information content (AvgIpc) is 1.78. The van der Waals surface area contributed by atoms with Gasteiger partial charge >= 0.3 is 0 Å². The van der Waals surface area contributed by atoms with Crippen LogP contribution in [0.2, 0.25) is 0 Å². The summed E-state index contributed by atoms with van der Waals surface area (Å²) in [6.45, 7) is 8.25. The number of rotatable bonds is 0. The minimum Gasteiger partial charge on any atom is -0.510 e. The first-order valence-corrected chi connectivity index (χ1v) is 28.0. The number of anilines is 4. The molecule has 20 rings (SSSR count). The zero-order valence-electron chi connectivity index (χ0n) is 49.4. The van der Waals surface area contributed by atoms with Gasteiger partial charge in [-0.25, -0.2) is 6.07 Å². The summed E-state index contributed by atoms with van der Waals surface area (Å²) in [7, 11) is 6.06. The number of fused-ring (bicyclic) bond motifs is 21. The normalized spacial score (nSPS) is 15.2. The summed E-state index contributed by atoms with van der Waals surface area (Å²) in [6, 6.07) is 39.5. The molecule has 3 aromatic carbocycles. The molecule has 0 atom stereocenters. The number of allylic oxidation sites excluding steroid dienone is 7. The molecule has 0 aliphatic carbocycles. The van der Waals surface area contributed by atoms with Gasteiger partial charge in [0.25, 0.3) is 0 Å². The van der Waals surface area contributed by atoms with Crippen LogP contribution in [0, 0.1) is 63.1 Å². The number of pyridine rings is 2. The molecule has 0 spiro atoms. The third kappa shape index (κ3) is 14.0. The molecule has 0 bridgehead atoms. The zero-order valence-corrected chi connectivity index (χ0v) is 63.7. The smallest absolute Gasteiger partial charge is 0.0582 e. The molecule has 9 aliphatic heterocycles. The molecule has 17 nitrogen and oxygen atoms in total. The quantitative estimate of drug-likeness (QED) is 0.135. The summed E-state index contributed by atoms with van der Waals surface area (Å²) in [5, 5.41) is 6.58. The van der Waals surface area contributed by atoms with Crippen LogP contribution in [-0.4, -0.2) is 83.5 Å². The van der Waals surface area contributed by atoms with Crippen molar-refractivity contribution >= 4 is 80.2 Å². The number of aromatic nitrogens is 9. The average molecular weight is 2280 g/mol. The SMILES string of the molecule is CN1C=C2C=Cc3c([c-]cc4ccccc34)N2[CH-]1.CN1C=C2C=Cc3cnc[c-]c3N2[CH-]1.CN1C=C2C=Cc3ncc[c-]c3N2[CH-]1.[Ir].[Ir].[Ir].[Ir].[Ir].[Ir].[c-]1cccc2c1N1[CH-]N3C=CC=CC3=C1C=C2.[c-]1ccn2ccn3ccnc3c12.[c-]1cnn2ccn3ccnc3c12. The summed E-state index contributed by atoms with van der Waals surface area (Å²) in [4.78, 5) is 33.6. The van der Waals surface area contributed by atoms with E-state index in [1.165, 1.54) is 44.7 Å². The number of nitrogens with zero attached hydrogens (tertiary/aromatic N) is 17. The largest absolute Gasteiger partial charge is 0.510 e. The molecule has 8 aromatic heterocycles. The fourth-order valence-corrected chi connectivity index (χ4v) is 11.2. The second-order valence-corrected chi connectivity index (χ2v) is 20.8. The summed E-state index contributed by atoms with van der Waals surface area (Å²) < 4.78 is 7.67. The Hall–Kier alpha value is -7.69. The topological polar surface area (TPSA) is 108 Å². The fourth-order valence-electron chi connectivity index (χ4n) is 11.2. The van der Waals surface area contributed by atoms with Gasteiger partial charge in [-0.15, -0.1) is 58.4 Å². The molecule has 480 valence electrons. The second-order valence-electron chi connectivity index (χ2n) is 20.8. The van der Waals surface area contributed by atoms with Crippen LogP contribution in [0.25, 0.3) is 57.4 Å². The van der Waals surface area contributed by atoms with Crippen molar-refractivity contribution < 1.29 is 121 Å². The minimum atomic E-state index is 0. The Morgan fingerprint density at radius 3 is 1.87 bits per heavy atom. The monoisotopic (exact) mass is 2290 g/mol. The zero-order chi connectivity index (χ0) is 58.4. The van der Waals surface area contributed by atoms with Crippen molar-refractivity contribution in [2.75, 3.05) is 40.7 Å². The van der Waals surface area contributed by atoms with Crippen molar-refractivity contribution in [1.29, 1.82) is 0 Å². The first-order valence-electron chi connectivity index (χ1n) is 28.0. The Labute approximate surface area is 620 Å². The van der Waals surface area contributed by atoms with Crippen LogP contribution in [0.5, 0.6) is 0 Å². The van der Waals surface area contributed by atoms with Crippen LogP contribution in [-0.2, 0) is 121 Å². The molecular formula is C70H51Ir6N17-10. The van der Waals surface area contributed by atoms with Crippen LogP contribution >= 0.6 is 0 Å². The summed E-state index contributed by atoms with van der Waals surface area (Å²) >= 11 is 0. The van der Waals surface area contributed by atoms with Gasteiger partial charge in [-0.1, -0.05) is 89.7 Å². The molecule has 0 saturated heterocycles. The number of para-hydroxylation sites is 1. The van der Waals surface area contributed by atoms with Crippen LogP contribution in [0.1, 0.15) is 22.4 Å². The number of hydrogen-bond acceptors (Lipinski definition) is 13. The van der Waals surface area contributed by atoms with Crippen molar-refractivity contribution in [3.63, 3.8) is 0 Å². The Kier molecular flexibility index (Phi) is 22.9. The van der Waals surface area contributed by atoms with Gasteiger partial charge < -0.3 is 67.4 Å². The van der Waals surface area contributed by atoms with Gasteiger partial charge in [0.05, 0.1) is 5.65 Å². The standard InChI is InChI=1S/C16H12N2.C15H10N2.2C11H9N3.C9H6N3.C8H5N4.6Ir/c1-17-10-13-7-8-15-14-5-3-2-4-12(14)6-9-16(15)18(13)11-17;1-2-6-13-12(5-1)8-9-15-14-7-3-4-10-16(14)11-17(13)15;1-13-7-10-3-2-9-6-12-5-4-11(9)14(10)8-13;1-13-7-9-4-5-10-11(14(9)8-13)3-2-6-12-10;1-2-8-9-10-3-5-12(9)7-6-11(8)4-1;1-2-10-12-6-5-11-4-3-9-8(11)7(1)12;;;;;;/h2-8,10-11H,1H3;1-5,7-11H;2-3,5-8H,1H3;2,4-8H,1H3;1,3-7H;2-6H;;;;;;/q4*-2;2*-1;;;;;;. The molecular weight excluding hydrogens is 2230 g/mol. The van der Waals surface area contributed by atoms with E-state index in [4.69, 9.17) is 0 Å². The minimum absolute atomic E-state index is 0. The molecule has 0 saturated carbocycles. The molecule has 0 amide bonds. The first kappa shape index (κ1) is 69.6. The summed E-state index contributed by atoms with van der Waals surface area (Å²) in [5.74, 6) is 0. The van der Waals surface area contributed by atoms with E-state index in [1.807, 2.05) is 143 Å². The van der Waals surface area contributed by atoms with E-state index in [9.17, 15) is 0 Å². The van der Waals surface area contributed by atoms with Crippen molar-refractivity contribution in [2.24, 2.45) is 0 Å². The van der Waals surface area contributed by atoms with Crippen LogP contribution < -0.4 is 19.6 Å². The molecule has 0 N–H and O–H groups in total. The van der Waals surface area contributed by atoms with E-state index in [0.717, 1.165) is 62.0 Å². The summed E-state index contributed by atoms with van der Waals surface area (Å²) in [6.07, 6.45) is 55.5. The third-order valence-corrected chi connectivity index (χ3v) is 15.1. The Bertz CT molecular complexity index is 4530. The number of imidazole rings is 2. The Morgan fingerprint density at radius 1 is 0.441 bits per heavy atom. The van der Waals surface area contributed by atoms with Crippen LogP contribution in [0.15, 0.2) is 237 Å². The summed E-state index contributed by atoms with van der Waals surface area (Å²) in [5.41, 5.74) is 18.6. The van der Waals surface area contributed by atoms with Gasteiger partial charge in [0.15, 0.2) is 0 Å². The predicted octanol–water partition coefficient (Wildman–Crippen LogP) is 11.8. The van der Waals surface area contributed by atoms with Gasteiger partial charge in [-0.05, 0) is 87.8 Å². The predicted molar refractivity (Wildman–Crippen MR) is 340 cm³/mol. The first-order chi connectivity index (χ1) is 42.8. The van der Waals surface area contributed by atoms with Gasteiger partial charge in [-0.3, -0.25) is 9.50 Å². The molecule has 9 aliphatic rings. The molecule has 93 heavy (non-hydrogen) atoms. The van der Waals surface area contributed by atoms with Crippen LogP contribution in [0.4, 0.5) is 22.7 Å². The molecule has 17 heterocycles. The van der Waals surface area contributed by atoms with E-state index in [-0.39, 0.29) is 121 Å². The molecule has 11 aromatic rings. The third-order valence-electron chi connectivity index (χ3n) is 15.1. The van der Waals surface area contributed by atoms with E-state index < -0.39 is 0 Å². The maximum Gasteiger partial charge on any atom is 0.0582 e. The van der Waals surface area contributed by atoms with Gasteiger partial charge in [0.2, 0.25) is 0 Å². The molecule has 0 fully saturated rings. The number of benzene rings is 3. The van der Waals surface area contributed by atoms with Gasteiger partial charge in [0, 0.05) is 204 Å². The van der Waals surface area contributed by atoms with E-state index in [2.05, 4.69) is 220 Å². The second kappa shape index (κ2) is 30.6. The van der Waals surface area contributed by atoms with Crippen molar-refractivity contribution in [3.8, 4) is 0 Å². The Balaban J connectivity index is 0.000000131. The van der Waals surface area contributed by atoms with Gasteiger partial charge in [-0.2, -0.15) is 97.5 Å².